The van der Waals surface area contributed by atoms with Crippen molar-refractivity contribution in [2.45, 2.75) is 12.8 Å². The van der Waals surface area contributed by atoms with Gasteiger partial charge >= 0.3 is 0 Å². The van der Waals surface area contributed by atoms with Crippen molar-refractivity contribution < 1.29 is 0 Å². The Bertz CT molecular complexity index is 410. The Labute approximate surface area is 101 Å². The summed E-state index contributed by atoms with van der Waals surface area (Å²) in [4.78, 5) is 4.15. The topological polar surface area (TPSA) is 24.9 Å². The molecule has 1 aliphatic carbocycles. The van der Waals surface area contributed by atoms with Crippen LogP contribution in [0.15, 0.2) is 24.4 Å². The molecule has 0 saturated carbocycles. The average molecular weight is 235 g/mol. The van der Waals surface area contributed by atoms with Crippen LogP contribution < -0.4 is 5.32 Å². The number of hydrogen-bond donors (Lipinski definition) is 1. The molecular weight excluding hydrogens is 220 g/mol. The molecule has 0 spiro atoms. The molecule has 3 rings (SSSR count). The van der Waals surface area contributed by atoms with Crippen molar-refractivity contribution >= 4 is 17.2 Å². The highest BCUT2D eigenvalue weighted by Crippen LogP contribution is 2.35. The van der Waals surface area contributed by atoms with Crippen molar-refractivity contribution in [2.75, 3.05) is 13.1 Å². The Morgan fingerprint density at radius 2 is 2.25 bits per heavy atom. The molecule has 2 nitrogen and oxygen atoms in total. The summed E-state index contributed by atoms with van der Waals surface area (Å²) in [6.07, 6.45) is 6.79. The fourth-order valence-corrected chi connectivity index (χ4v) is 2.87. The first-order valence-electron chi connectivity index (χ1n) is 5.86. The lowest BCUT2D eigenvalue weighted by atomic mass is 9.81. The Kier molecular flexibility index (Phi) is 2.70. The van der Waals surface area contributed by atoms with Gasteiger partial charge in [-0.05, 0) is 48.4 Å². The quantitative estimate of drug-likeness (QED) is 0.756. The maximum absolute atomic E-state index is 5.80. The molecule has 2 aliphatic rings. The van der Waals surface area contributed by atoms with E-state index in [9.17, 15) is 0 Å². The van der Waals surface area contributed by atoms with Gasteiger partial charge in [0.05, 0.1) is 0 Å². The van der Waals surface area contributed by atoms with Crippen LogP contribution in [0.25, 0.3) is 5.57 Å². The molecule has 0 amide bonds. The lowest BCUT2D eigenvalue weighted by molar-refractivity contribution is 0.448. The van der Waals surface area contributed by atoms with Gasteiger partial charge in [0, 0.05) is 12.7 Å². The Hall–Kier alpha value is -0.860. The highest BCUT2D eigenvalue weighted by molar-refractivity contribution is 6.29. The standard InChI is InChI=1S/C13H15ClN2/c14-13-4-3-11(8-16-13)9-1-2-10-6-15-7-12(10)5-9/h3-5,8,10,12,15H,1-2,6-7H2/t10-,12+/m0/s1. The minimum absolute atomic E-state index is 0.570. The van der Waals surface area contributed by atoms with Crippen LogP contribution in [0.1, 0.15) is 18.4 Å². The van der Waals surface area contributed by atoms with Gasteiger partial charge in [0.15, 0.2) is 0 Å². The van der Waals surface area contributed by atoms with Gasteiger partial charge in [-0.2, -0.15) is 0 Å². The van der Waals surface area contributed by atoms with Gasteiger partial charge in [0.2, 0.25) is 0 Å². The Morgan fingerprint density at radius 3 is 3.06 bits per heavy atom. The van der Waals surface area contributed by atoms with E-state index >= 15 is 0 Å². The molecule has 2 atom stereocenters. The lowest BCUT2D eigenvalue weighted by Crippen LogP contribution is -2.15. The smallest absolute Gasteiger partial charge is 0.129 e. The fourth-order valence-electron chi connectivity index (χ4n) is 2.75. The molecule has 0 aromatic carbocycles. The molecule has 84 valence electrons. The summed E-state index contributed by atoms with van der Waals surface area (Å²) in [7, 11) is 0. The van der Waals surface area contributed by atoms with E-state index in [4.69, 9.17) is 11.6 Å². The van der Waals surface area contributed by atoms with Crippen LogP contribution in [-0.4, -0.2) is 18.1 Å². The van der Waals surface area contributed by atoms with E-state index < -0.39 is 0 Å². The molecule has 3 heteroatoms. The van der Waals surface area contributed by atoms with E-state index in [0.717, 1.165) is 18.4 Å². The second kappa shape index (κ2) is 4.19. The van der Waals surface area contributed by atoms with Gasteiger partial charge in [-0.1, -0.05) is 23.7 Å². The van der Waals surface area contributed by atoms with Gasteiger partial charge in [-0.3, -0.25) is 0 Å². The number of pyridine rings is 1. The van der Waals surface area contributed by atoms with Crippen LogP contribution in [0.3, 0.4) is 0 Å². The number of nitrogens with zero attached hydrogens (tertiary/aromatic N) is 1. The highest BCUT2D eigenvalue weighted by Gasteiger charge is 2.29. The number of allylic oxidation sites excluding steroid dienone is 1. The second-order valence-electron chi connectivity index (χ2n) is 4.68. The Morgan fingerprint density at radius 1 is 1.31 bits per heavy atom. The van der Waals surface area contributed by atoms with Crippen molar-refractivity contribution in [2.24, 2.45) is 11.8 Å². The number of aromatic nitrogens is 1. The molecule has 2 heterocycles. The van der Waals surface area contributed by atoms with Gasteiger partial charge in [-0.15, -0.1) is 0 Å². The largest absolute Gasteiger partial charge is 0.316 e. The molecule has 1 aromatic heterocycles. The van der Waals surface area contributed by atoms with Crippen molar-refractivity contribution in [3.63, 3.8) is 0 Å². The third-order valence-corrected chi connectivity index (χ3v) is 3.91. The molecule has 16 heavy (non-hydrogen) atoms. The van der Waals surface area contributed by atoms with Gasteiger partial charge in [0.1, 0.15) is 5.15 Å². The van der Waals surface area contributed by atoms with E-state index in [1.807, 2.05) is 12.3 Å². The van der Waals surface area contributed by atoms with Crippen molar-refractivity contribution in [1.82, 2.24) is 10.3 Å². The third kappa shape index (κ3) is 1.87. The molecule has 1 saturated heterocycles. The molecule has 0 radical (unpaired) electrons. The first-order valence-corrected chi connectivity index (χ1v) is 6.24. The van der Waals surface area contributed by atoms with Crippen LogP contribution in [-0.2, 0) is 0 Å². The maximum atomic E-state index is 5.80. The molecular formula is C13H15ClN2. The van der Waals surface area contributed by atoms with Gasteiger partial charge < -0.3 is 5.32 Å². The Balaban J connectivity index is 1.87. The normalized spacial score (nSPS) is 28.7. The average Bonchev–Trinajstić information content (AvgIpc) is 2.77. The molecule has 1 aromatic rings. The minimum atomic E-state index is 0.570. The zero-order valence-corrected chi connectivity index (χ0v) is 9.87. The number of rotatable bonds is 1. The molecule has 1 aliphatic heterocycles. The monoisotopic (exact) mass is 234 g/mol. The van der Waals surface area contributed by atoms with Crippen LogP contribution in [0, 0.1) is 11.8 Å². The van der Waals surface area contributed by atoms with Crippen LogP contribution in [0.4, 0.5) is 0 Å². The van der Waals surface area contributed by atoms with Crippen LogP contribution in [0.2, 0.25) is 5.15 Å². The minimum Gasteiger partial charge on any atom is -0.316 e. The van der Waals surface area contributed by atoms with E-state index in [1.54, 1.807) is 0 Å². The van der Waals surface area contributed by atoms with Gasteiger partial charge in [-0.25, -0.2) is 4.98 Å². The summed E-state index contributed by atoms with van der Waals surface area (Å²) in [6.45, 7) is 2.32. The van der Waals surface area contributed by atoms with Crippen LogP contribution in [0.5, 0.6) is 0 Å². The number of halogens is 1. The SMILES string of the molecule is Clc1ccc(C2=C[C@@H]3CNC[C@@H]3CC2)cn1. The van der Waals surface area contributed by atoms with Crippen molar-refractivity contribution in [3.8, 4) is 0 Å². The number of nitrogens with one attached hydrogen (secondary N) is 1. The van der Waals surface area contributed by atoms with Crippen LogP contribution >= 0.6 is 11.6 Å². The van der Waals surface area contributed by atoms with E-state index in [0.29, 0.717) is 5.15 Å². The molecule has 0 unspecified atom stereocenters. The van der Waals surface area contributed by atoms with Crippen molar-refractivity contribution in [1.29, 1.82) is 0 Å². The molecule has 1 N–H and O–H groups in total. The maximum Gasteiger partial charge on any atom is 0.129 e. The zero-order chi connectivity index (χ0) is 11.0. The third-order valence-electron chi connectivity index (χ3n) is 3.69. The number of fused-ring (bicyclic) bond motifs is 1. The summed E-state index contributed by atoms with van der Waals surface area (Å²) < 4.78 is 0. The predicted molar refractivity (Wildman–Crippen MR) is 66.3 cm³/mol. The number of hydrogen-bond acceptors (Lipinski definition) is 2. The lowest BCUT2D eigenvalue weighted by Gasteiger charge is -2.23. The first kappa shape index (κ1) is 10.3. The van der Waals surface area contributed by atoms with E-state index in [-0.39, 0.29) is 0 Å². The summed E-state index contributed by atoms with van der Waals surface area (Å²) in [5, 5.41) is 4.03. The van der Waals surface area contributed by atoms with Gasteiger partial charge in [0.25, 0.3) is 0 Å². The zero-order valence-electron chi connectivity index (χ0n) is 9.12. The summed E-state index contributed by atoms with van der Waals surface area (Å²) >= 11 is 5.80. The molecule has 0 bridgehead atoms. The van der Waals surface area contributed by atoms with E-state index in [1.165, 1.54) is 30.5 Å². The predicted octanol–water partition coefficient (Wildman–Crippen LogP) is 2.75. The summed E-state index contributed by atoms with van der Waals surface area (Å²) in [5.74, 6) is 1.57. The highest BCUT2D eigenvalue weighted by atomic mass is 35.5. The van der Waals surface area contributed by atoms with E-state index in [2.05, 4.69) is 22.4 Å². The second-order valence-corrected chi connectivity index (χ2v) is 5.07. The summed E-state index contributed by atoms with van der Waals surface area (Å²) in [5.41, 5.74) is 2.67. The fraction of sp³-hybridized carbons (Fsp3) is 0.462. The first-order chi connectivity index (χ1) is 7.83. The molecule has 1 fully saturated rings. The van der Waals surface area contributed by atoms with Crippen molar-refractivity contribution in [3.05, 3.63) is 35.1 Å². The summed E-state index contributed by atoms with van der Waals surface area (Å²) in [6, 6.07) is 3.95.